The van der Waals surface area contributed by atoms with Gasteiger partial charge in [0.2, 0.25) is 11.8 Å². The second kappa shape index (κ2) is 8.48. The predicted molar refractivity (Wildman–Crippen MR) is 100 cm³/mol. The highest BCUT2D eigenvalue weighted by Gasteiger charge is 2.22. The van der Waals surface area contributed by atoms with Crippen LogP contribution in [-0.4, -0.2) is 22.7 Å². The summed E-state index contributed by atoms with van der Waals surface area (Å²) in [7, 11) is 0. The second-order valence-corrected chi connectivity index (χ2v) is 6.63. The number of hydrogen-bond acceptors (Lipinski definition) is 4. The molecule has 0 aliphatic carbocycles. The topological polar surface area (TPSA) is 70.6 Å². The molecular weight excluding hydrogens is 334 g/mol. The highest BCUT2D eigenvalue weighted by Crippen LogP contribution is 2.25. The molecule has 1 heterocycles. The Balaban J connectivity index is 1.53. The summed E-state index contributed by atoms with van der Waals surface area (Å²) in [4.78, 5) is 28.5. The maximum Gasteiger partial charge on any atom is 0.230 e. The lowest BCUT2D eigenvalue weighted by molar-refractivity contribution is -0.120. The fourth-order valence-electron chi connectivity index (χ4n) is 2.49. The third kappa shape index (κ3) is 5.19. The number of rotatable bonds is 5. The molecule has 3 rings (SSSR count). The molecule has 1 atom stereocenters. The number of hydrogen-bond donors (Lipinski definition) is 2. The van der Waals surface area contributed by atoms with Gasteiger partial charge in [0, 0.05) is 6.54 Å². The van der Waals surface area contributed by atoms with Gasteiger partial charge in [-0.25, -0.2) is 0 Å². The van der Waals surface area contributed by atoms with Gasteiger partial charge < -0.3 is 10.6 Å². The Morgan fingerprint density at radius 2 is 1.80 bits per heavy atom. The minimum atomic E-state index is -0.190. The number of carbonyl (C=O) groups is 2. The number of benzene rings is 2. The van der Waals surface area contributed by atoms with E-state index in [1.165, 1.54) is 11.8 Å². The number of nitrogens with one attached hydrogen (secondary N) is 2. The third-order valence-electron chi connectivity index (χ3n) is 3.76. The maximum atomic E-state index is 12.0. The Bertz CT molecular complexity index is 763. The molecule has 0 unspecified atom stereocenters. The molecule has 5 nitrogen and oxygen atoms in total. The molecule has 0 bridgehead atoms. The van der Waals surface area contributed by atoms with Gasteiger partial charge in [-0.1, -0.05) is 72.4 Å². The smallest absolute Gasteiger partial charge is 0.230 e. The van der Waals surface area contributed by atoms with E-state index >= 15 is 0 Å². The van der Waals surface area contributed by atoms with Crippen molar-refractivity contribution in [2.24, 2.45) is 4.99 Å². The minimum absolute atomic E-state index is 0.0731. The first-order valence-corrected chi connectivity index (χ1v) is 9.05. The Kier molecular flexibility index (Phi) is 5.85. The molecule has 6 heteroatoms. The van der Waals surface area contributed by atoms with Crippen molar-refractivity contribution in [2.75, 3.05) is 5.75 Å². The van der Waals surface area contributed by atoms with Crippen LogP contribution in [0.15, 0.2) is 65.7 Å². The fourth-order valence-corrected chi connectivity index (χ4v) is 3.25. The van der Waals surface area contributed by atoms with Crippen LogP contribution in [0.2, 0.25) is 0 Å². The first-order chi connectivity index (χ1) is 12.2. The van der Waals surface area contributed by atoms with E-state index in [1.54, 1.807) is 0 Å². The van der Waals surface area contributed by atoms with Crippen molar-refractivity contribution in [1.29, 1.82) is 0 Å². The average molecular weight is 353 g/mol. The normalized spacial score (nSPS) is 16.7. The molecule has 2 N–H and O–H groups in total. The SMILES string of the molecule is O=C(CSC1=N[C@@H](c2ccccc2)CC(=O)N1)NCc1ccccc1. The summed E-state index contributed by atoms with van der Waals surface area (Å²) < 4.78 is 0. The number of aliphatic imine (C=N–C) groups is 1. The van der Waals surface area contributed by atoms with E-state index in [-0.39, 0.29) is 23.6 Å². The molecule has 1 aliphatic heterocycles. The summed E-state index contributed by atoms with van der Waals surface area (Å²) in [5, 5.41) is 6.10. The van der Waals surface area contributed by atoms with Crippen molar-refractivity contribution in [1.82, 2.24) is 10.6 Å². The zero-order chi connectivity index (χ0) is 17.5. The van der Waals surface area contributed by atoms with E-state index in [2.05, 4.69) is 15.6 Å². The van der Waals surface area contributed by atoms with E-state index in [0.717, 1.165) is 11.1 Å². The van der Waals surface area contributed by atoms with Gasteiger partial charge >= 0.3 is 0 Å². The van der Waals surface area contributed by atoms with Crippen LogP contribution in [0.5, 0.6) is 0 Å². The molecule has 0 saturated carbocycles. The lowest BCUT2D eigenvalue weighted by Gasteiger charge is -2.20. The summed E-state index contributed by atoms with van der Waals surface area (Å²) in [5.74, 6) is 0.0525. The molecule has 1 aliphatic rings. The van der Waals surface area contributed by atoms with Crippen LogP contribution >= 0.6 is 11.8 Å². The van der Waals surface area contributed by atoms with Gasteiger partial charge in [-0.15, -0.1) is 0 Å². The molecule has 0 radical (unpaired) electrons. The van der Waals surface area contributed by atoms with Crippen LogP contribution in [0.1, 0.15) is 23.6 Å². The average Bonchev–Trinajstić information content (AvgIpc) is 2.66. The Morgan fingerprint density at radius 3 is 2.52 bits per heavy atom. The second-order valence-electron chi connectivity index (χ2n) is 5.66. The number of amidine groups is 1. The standard InChI is InChI=1S/C19H19N3O2S/c23-17-11-16(15-9-5-2-6-10-15)21-19(22-17)25-13-18(24)20-12-14-7-3-1-4-8-14/h1-10,16H,11-13H2,(H,20,24)(H,21,22,23)/t16-/m1/s1. The number of nitrogens with zero attached hydrogens (tertiary/aromatic N) is 1. The van der Waals surface area contributed by atoms with Gasteiger partial charge in [0.05, 0.1) is 18.2 Å². The van der Waals surface area contributed by atoms with Crippen molar-refractivity contribution < 1.29 is 9.59 Å². The van der Waals surface area contributed by atoms with Crippen molar-refractivity contribution in [3.63, 3.8) is 0 Å². The quantitative estimate of drug-likeness (QED) is 0.868. The molecule has 128 valence electrons. The lowest BCUT2D eigenvalue weighted by atomic mass is 10.0. The first kappa shape index (κ1) is 17.2. The van der Waals surface area contributed by atoms with Crippen LogP contribution in [-0.2, 0) is 16.1 Å². The molecule has 25 heavy (non-hydrogen) atoms. The highest BCUT2D eigenvalue weighted by molar-refractivity contribution is 8.14. The summed E-state index contributed by atoms with van der Waals surface area (Å²) >= 11 is 1.25. The molecule has 0 fully saturated rings. The van der Waals surface area contributed by atoms with Crippen molar-refractivity contribution in [3.05, 3.63) is 71.8 Å². The van der Waals surface area contributed by atoms with Gasteiger partial charge in [-0.2, -0.15) is 0 Å². The van der Waals surface area contributed by atoms with E-state index < -0.39 is 0 Å². The van der Waals surface area contributed by atoms with Crippen LogP contribution in [0.25, 0.3) is 0 Å². The summed E-state index contributed by atoms with van der Waals surface area (Å²) in [6, 6.07) is 19.3. The molecule has 0 aromatic heterocycles. The van der Waals surface area contributed by atoms with Crippen LogP contribution < -0.4 is 10.6 Å². The van der Waals surface area contributed by atoms with Gasteiger partial charge in [0.15, 0.2) is 5.17 Å². The maximum absolute atomic E-state index is 12.0. The largest absolute Gasteiger partial charge is 0.351 e. The number of thioether (sulfide) groups is 1. The molecule has 0 spiro atoms. The molecule has 2 aromatic carbocycles. The Labute approximate surface area is 150 Å². The monoisotopic (exact) mass is 353 g/mol. The van der Waals surface area contributed by atoms with Crippen LogP contribution in [0.3, 0.4) is 0 Å². The molecule has 2 amide bonds. The number of amides is 2. The minimum Gasteiger partial charge on any atom is -0.351 e. The van der Waals surface area contributed by atoms with E-state index in [1.807, 2.05) is 60.7 Å². The zero-order valence-electron chi connectivity index (χ0n) is 13.6. The number of carbonyl (C=O) groups excluding carboxylic acids is 2. The van der Waals surface area contributed by atoms with Gasteiger partial charge in [-0.3, -0.25) is 14.6 Å². The molecular formula is C19H19N3O2S. The van der Waals surface area contributed by atoms with E-state index in [4.69, 9.17) is 0 Å². The predicted octanol–water partition coefficient (Wildman–Crippen LogP) is 2.65. The van der Waals surface area contributed by atoms with Gasteiger partial charge in [0.25, 0.3) is 0 Å². The Hall–Kier alpha value is -2.60. The highest BCUT2D eigenvalue weighted by atomic mass is 32.2. The molecule has 2 aromatic rings. The van der Waals surface area contributed by atoms with Crippen molar-refractivity contribution in [2.45, 2.75) is 19.0 Å². The third-order valence-corrected chi connectivity index (χ3v) is 4.64. The lowest BCUT2D eigenvalue weighted by Crippen LogP contribution is -2.35. The Morgan fingerprint density at radius 1 is 1.12 bits per heavy atom. The van der Waals surface area contributed by atoms with Crippen molar-refractivity contribution >= 4 is 28.7 Å². The summed E-state index contributed by atoms with van der Waals surface area (Å²) in [6.07, 6.45) is 0.328. The summed E-state index contributed by atoms with van der Waals surface area (Å²) in [6.45, 7) is 0.492. The van der Waals surface area contributed by atoms with Crippen LogP contribution in [0.4, 0.5) is 0 Å². The van der Waals surface area contributed by atoms with E-state index in [0.29, 0.717) is 18.1 Å². The zero-order valence-corrected chi connectivity index (χ0v) is 14.5. The molecule has 0 saturated heterocycles. The summed E-state index contributed by atoms with van der Waals surface area (Å²) in [5.41, 5.74) is 2.05. The van der Waals surface area contributed by atoms with Gasteiger partial charge in [0.1, 0.15) is 0 Å². The van der Waals surface area contributed by atoms with E-state index in [9.17, 15) is 9.59 Å². The van der Waals surface area contributed by atoms with Gasteiger partial charge in [-0.05, 0) is 11.1 Å². The van der Waals surface area contributed by atoms with Crippen LogP contribution in [0, 0.1) is 0 Å². The fraction of sp³-hybridized carbons (Fsp3) is 0.211. The van der Waals surface area contributed by atoms with Crippen molar-refractivity contribution in [3.8, 4) is 0 Å². The first-order valence-electron chi connectivity index (χ1n) is 8.07.